The summed E-state index contributed by atoms with van der Waals surface area (Å²) in [6.07, 6.45) is 0. The van der Waals surface area contributed by atoms with Gasteiger partial charge in [0.2, 0.25) is 0 Å². The minimum atomic E-state index is -0.451. The van der Waals surface area contributed by atoms with Gasteiger partial charge in [0.1, 0.15) is 5.82 Å². The first-order chi connectivity index (χ1) is 8.10. The van der Waals surface area contributed by atoms with Crippen molar-refractivity contribution in [1.29, 1.82) is 5.26 Å². The Hall–Kier alpha value is -2.05. The summed E-state index contributed by atoms with van der Waals surface area (Å²) in [5.41, 5.74) is 7.70. The summed E-state index contributed by atoms with van der Waals surface area (Å²) in [4.78, 5) is 0. The van der Waals surface area contributed by atoms with Crippen LogP contribution in [0.25, 0.3) is 11.1 Å². The number of hydrogen-bond donors (Lipinski definition) is 1. The van der Waals surface area contributed by atoms with Gasteiger partial charge in [-0.3, -0.25) is 0 Å². The zero-order chi connectivity index (χ0) is 12.4. The van der Waals surface area contributed by atoms with Crippen molar-refractivity contribution in [2.24, 2.45) is 0 Å². The van der Waals surface area contributed by atoms with Gasteiger partial charge in [0, 0.05) is 0 Å². The number of nitriles is 1. The molecule has 0 heterocycles. The van der Waals surface area contributed by atoms with Crippen LogP contribution >= 0.6 is 11.6 Å². The third-order valence-corrected chi connectivity index (χ3v) is 2.70. The van der Waals surface area contributed by atoms with Gasteiger partial charge in [-0.1, -0.05) is 17.7 Å². The molecular formula is C13H8ClFN2. The Morgan fingerprint density at radius 2 is 1.88 bits per heavy atom. The molecule has 2 aromatic carbocycles. The van der Waals surface area contributed by atoms with Crippen molar-refractivity contribution < 1.29 is 4.39 Å². The first-order valence-corrected chi connectivity index (χ1v) is 5.24. The zero-order valence-electron chi connectivity index (χ0n) is 8.74. The molecular weight excluding hydrogens is 239 g/mol. The van der Waals surface area contributed by atoms with Crippen LogP contribution in [0.2, 0.25) is 5.02 Å². The number of nitrogens with zero attached hydrogens (tertiary/aromatic N) is 1. The molecule has 2 N–H and O–H groups in total. The highest BCUT2D eigenvalue weighted by molar-refractivity contribution is 6.33. The number of anilines is 1. The lowest BCUT2D eigenvalue weighted by molar-refractivity contribution is 0.628. The highest BCUT2D eigenvalue weighted by Gasteiger charge is 2.05. The molecule has 17 heavy (non-hydrogen) atoms. The van der Waals surface area contributed by atoms with Crippen molar-refractivity contribution in [3.63, 3.8) is 0 Å². The van der Waals surface area contributed by atoms with E-state index >= 15 is 0 Å². The second kappa shape index (κ2) is 4.44. The Labute approximate surface area is 103 Å². The molecule has 0 amide bonds. The fourth-order valence-electron chi connectivity index (χ4n) is 1.54. The Morgan fingerprint density at radius 3 is 2.53 bits per heavy atom. The lowest BCUT2D eigenvalue weighted by Gasteiger charge is -2.05. The number of nitrogens with two attached hydrogens (primary N) is 1. The second-order valence-electron chi connectivity index (χ2n) is 3.58. The molecule has 0 atom stereocenters. The van der Waals surface area contributed by atoms with Gasteiger partial charge in [-0.2, -0.15) is 5.26 Å². The molecule has 0 saturated carbocycles. The fourth-order valence-corrected chi connectivity index (χ4v) is 1.66. The van der Waals surface area contributed by atoms with Gasteiger partial charge >= 0.3 is 0 Å². The number of benzene rings is 2. The summed E-state index contributed by atoms with van der Waals surface area (Å²) in [5, 5.41) is 9.22. The van der Waals surface area contributed by atoms with Crippen LogP contribution in [-0.2, 0) is 0 Å². The van der Waals surface area contributed by atoms with E-state index in [0.717, 1.165) is 5.56 Å². The third kappa shape index (κ3) is 2.38. The molecule has 0 saturated heterocycles. The highest BCUT2D eigenvalue weighted by Crippen LogP contribution is 2.27. The van der Waals surface area contributed by atoms with Crippen molar-refractivity contribution in [2.75, 3.05) is 5.73 Å². The van der Waals surface area contributed by atoms with Crippen molar-refractivity contribution in [3.05, 3.63) is 52.8 Å². The van der Waals surface area contributed by atoms with Gasteiger partial charge in [0.05, 0.1) is 22.3 Å². The van der Waals surface area contributed by atoms with E-state index in [2.05, 4.69) is 0 Å². The lowest BCUT2D eigenvalue weighted by atomic mass is 10.0. The van der Waals surface area contributed by atoms with E-state index in [1.165, 1.54) is 12.1 Å². The van der Waals surface area contributed by atoms with Gasteiger partial charge in [-0.15, -0.1) is 0 Å². The average Bonchev–Trinajstić information content (AvgIpc) is 2.32. The highest BCUT2D eigenvalue weighted by atomic mass is 35.5. The van der Waals surface area contributed by atoms with E-state index in [-0.39, 0.29) is 5.56 Å². The van der Waals surface area contributed by atoms with Gasteiger partial charge in [-0.05, 0) is 41.5 Å². The Kier molecular flexibility index (Phi) is 2.99. The van der Waals surface area contributed by atoms with Crippen LogP contribution in [0.3, 0.4) is 0 Å². The van der Waals surface area contributed by atoms with Crippen LogP contribution in [0.1, 0.15) is 5.56 Å². The quantitative estimate of drug-likeness (QED) is 0.782. The standard InChI is InChI=1S/C13H8ClFN2/c14-12-2-1-9(6-13(12)17)10-3-8(7-16)4-11(15)5-10/h1-6H,17H2. The maximum atomic E-state index is 13.3. The zero-order valence-corrected chi connectivity index (χ0v) is 9.50. The van der Waals surface area contributed by atoms with Crippen molar-refractivity contribution in [2.45, 2.75) is 0 Å². The van der Waals surface area contributed by atoms with E-state index in [0.29, 0.717) is 16.3 Å². The van der Waals surface area contributed by atoms with E-state index in [1.807, 2.05) is 6.07 Å². The smallest absolute Gasteiger partial charge is 0.125 e. The van der Waals surface area contributed by atoms with E-state index in [9.17, 15) is 4.39 Å². The normalized spacial score (nSPS) is 9.94. The SMILES string of the molecule is N#Cc1cc(F)cc(-c2ccc(Cl)c(N)c2)c1. The van der Waals surface area contributed by atoms with E-state index in [4.69, 9.17) is 22.6 Å². The minimum Gasteiger partial charge on any atom is -0.398 e. The van der Waals surface area contributed by atoms with Crippen LogP contribution < -0.4 is 5.73 Å². The van der Waals surface area contributed by atoms with Gasteiger partial charge < -0.3 is 5.73 Å². The molecule has 0 aliphatic heterocycles. The molecule has 0 fully saturated rings. The molecule has 0 aliphatic rings. The first kappa shape index (κ1) is 11.4. The number of nitrogen functional groups attached to an aromatic ring is 1. The Bertz CT molecular complexity index is 617. The minimum absolute atomic E-state index is 0.272. The average molecular weight is 247 g/mol. The molecule has 2 rings (SSSR count). The number of rotatable bonds is 1. The molecule has 0 bridgehead atoms. The third-order valence-electron chi connectivity index (χ3n) is 2.36. The largest absolute Gasteiger partial charge is 0.398 e. The summed E-state index contributed by atoms with van der Waals surface area (Å²) in [7, 11) is 0. The van der Waals surface area contributed by atoms with Crippen LogP contribution in [0.4, 0.5) is 10.1 Å². The summed E-state index contributed by atoms with van der Waals surface area (Å²) in [6.45, 7) is 0. The molecule has 0 aromatic heterocycles. The maximum Gasteiger partial charge on any atom is 0.125 e. The lowest BCUT2D eigenvalue weighted by Crippen LogP contribution is -1.89. The summed E-state index contributed by atoms with van der Waals surface area (Å²) < 4.78 is 13.3. The van der Waals surface area contributed by atoms with Crippen molar-refractivity contribution in [3.8, 4) is 17.2 Å². The predicted octanol–water partition coefficient (Wildman–Crippen LogP) is 3.60. The fraction of sp³-hybridized carbons (Fsp3) is 0. The number of halogens is 2. The Balaban J connectivity index is 2.56. The van der Waals surface area contributed by atoms with E-state index in [1.54, 1.807) is 24.3 Å². The van der Waals surface area contributed by atoms with Gasteiger partial charge in [0.15, 0.2) is 0 Å². The van der Waals surface area contributed by atoms with Gasteiger partial charge in [0.25, 0.3) is 0 Å². The van der Waals surface area contributed by atoms with Crippen LogP contribution in [0.15, 0.2) is 36.4 Å². The van der Waals surface area contributed by atoms with Crippen molar-refractivity contribution >= 4 is 17.3 Å². The van der Waals surface area contributed by atoms with Crippen LogP contribution in [-0.4, -0.2) is 0 Å². The number of hydrogen-bond acceptors (Lipinski definition) is 2. The summed E-state index contributed by atoms with van der Waals surface area (Å²) >= 11 is 5.81. The predicted molar refractivity (Wildman–Crippen MR) is 66.0 cm³/mol. The molecule has 0 aliphatic carbocycles. The first-order valence-electron chi connectivity index (χ1n) is 4.86. The summed E-state index contributed by atoms with van der Waals surface area (Å²) in [6, 6.07) is 11.1. The second-order valence-corrected chi connectivity index (χ2v) is 3.98. The van der Waals surface area contributed by atoms with Crippen LogP contribution in [0.5, 0.6) is 0 Å². The van der Waals surface area contributed by atoms with E-state index < -0.39 is 5.82 Å². The molecule has 0 spiro atoms. The molecule has 84 valence electrons. The van der Waals surface area contributed by atoms with Crippen LogP contribution in [0, 0.1) is 17.1 Å². The summed E-state index contributed by atoms with van der Waals surface area (Å²) in [5.74, 6) is -0.451. The molecule has 0 unspecified atom stereocenters. The molecule has 4 heteroatoms. The Morgan fingerprint density at radius 1 is 1.12 bits per heavy atom. The topological polar surface area (TPSA) is 49.8 Å². The molecule has 2 nitrogen and oxygen atoms in total. The molecule has 0 radical (unpaired) electrons. The maximum absolute atomic E-state index is 13.3. The monoisotopic (exact) mass is 246 g/mol. The van der Waals surface area contributed by atoms with Gasteiger partial charge in [-0.25, -0.2) is 4.39 Å². The molecule has 2 aromatic rings. The van der Waals surface area contributed by atoms with Crippen molar-refractivity contribution in [1.82, 2.24) is 0 Å².